The lowest BCUT2D eigenvalue weighted by molar-refractivity contribution is 0.212. The van der Waals surface area contributed by atoms with Gasteiger partial charge in [0.1, 0.15) is 0 Å². The molecule has 0 N–H and O–H groups in total. The average Bonchev–Trinajstić information content (AvgIpc) is 2.98. The molecule has 2 unspecified atom stereocenters. The van der Waals surface area contributed by atoms with E-state index in [-0.39, 0.29) is 0 Å². The Kier molecular flexibility index (Phi) is 1.91. The number of rotatable bonds is 2. The van der Waals surface area contributed by atoms with Gasteiger partial charge in [-0.3, -0.25) is 0 Å². The third-order valence-electron chi connectivity index (χ3n) is 3.73. The highest BCUT2D eigenvalue weighted by molar-refractivity contribution is 8.08. The monoisotopic (exact) mass is 200 g/mol. The summed E-state index contributed by atoms with van der Waals surface area (Å²) in [7, 11) is 0. The largest absolute Gasteiger partial charge is 0.156 e. The maximum Gasteiger partial charge on any atom is 0.0205 e. The highest BCUT2D eigenvalue weighted by Gasteiger charge is 2.55. The third kappa shape index (κ3) is 1.22. The topological polar surface area (TPSA) is 0 Å². The van der Waals surface area contributed by atoms with Crippen molar-refractivity contribution in [2.45, 2.75) is 42.6 Å². The Morgan fingerprint density at radius 2 is 1.33 bits per heavy atom. The zero-order chi connectivity index (χ0) is 8.02. The second-order valence-electron chi connectivity index (χ2n) is 4.44. The first-order valence-electron chi connectivity index (χ1n) is 5.15. The van der Waals surface area contributed by atoms with E-state index in [1.807, 2.05) is 0 Å². The number of hydrogen-bond donors (Lipinski definition) is 0. The molecule has 0 spiro atoms. The summed E-state index contributed by atoms with van der Waals surface area (Å²) in [4.78, 5) is 0. The van der Waals surface area contributed by atoms with Crippen molar-refractivity contribution in [2.24, 2.45) is 5.41 Å². The average molecular weight is 200 g/mol. The first kappa shape index (κ1) is 8.05. The molecule has 3 aliphatic rings. The van der Waals surface area contributed by atoms with E-state index in [9.17, 15) is 0 Å². The van der Waals surface area contributed by atoms with Crippen LogP contribution in [0.2, 0.25) is 0 Å². The maximum atomic E-state index is 2.23. The van der Waals surface area contributed by atoms with E-state index in [1.54, 1.807) is 12.8 Å². The van der Waals surface area contributed by atoms with Gasteiger partial charge >= 0.3 is 0 Å². The number of thioether (sulfide) groups is 2. The summed E-state index contributed by atoms with van der Waals surface area (Å²) >= 11 is 4.46. The van der Waals surface area contributed by atoms with E-state index < -0.39 is 0 Å². The summed E-state index contributed by atoms with van der Waals surface area (Å²) in [6.07, 6.45) is 7.67. The van der Waals surface area contributed by atoms with Crippen LogP contribution in [-0.2, 0) is 0 Å². The van der Waals surface area contributed by atoms with Crippen molar-refractivity contribution >= 4 is 23.5 Å². The van der Waals surface area contributed by atoms with E-state index in [0.717, 1.165) is 15.9 Å². The molecular formula is C10H16S2. The first-order chi connectivity index (χ1) is 5.92. The third-order valence-corrected chi connectivity index (χ3v) is 6.01. The molecular weight excluding hydrogens is 184 g/mol. The van der Waals surface area contributed by atoms with Crippen molar-refractivity contribution in [1.29, 1.82) is 0 Å². The van der Waals surface area contributed by atoms with Crippen LogP contribution in [0.25, 0.3) is 0 Å². The van der Waals surface area contributed by atoms with Crippen LogP contribution in [0.3, 0.4) is 0 Å². The van der Waals surface area contributed by atoms with Gasteiger partial charge in [-0.1, -0.05) is 19.3 Å². The minimum Gasteiger partial charge on any atom is -0.156 e. The van der Waals surface area contributed by atoms with Crippen molar-refractivity contribution in [1.82, 2.24) is 0 Å². The molecule has 2 saturated heterocycles. The smallest absolute Gasteiger partial charge is 0.0205 e. The second kappa shape index (κ2) is 2.84. The Morgan fingerprint density at radius 1 is 0.833 bits per heavy atom. The lowest BCUT2D eigenvalue weighted by Crippen LogP contribution is -2.34. The van der Waals surface area contributed by atoms with Crippen LogP contribution in [0.15, 0.2) is 0 Å². The molecule has 1 saturated carbocycles. The molecule has 0 aromatic carbocycles. The predicted octanol–water partition coefficient (Wildman–Crippen LogP) is 3.17. The molecule has 0 radical (unpaired) electrons. The molecule has 2 heterocycles. The van der Waals surface area contributed by atoms with Crippen molar-refractivity contribution in [3.63, 3.8) is 0 Å². The molecule has 0 nitrogen and oxygen atoms in total. The van der Waals surface area contributed by atoms with Crippen molar-refractivity contribution < 1.29 is 0 Å². The quantitative estimate of drug-likeness (QED) is 0.628. The lowest BCUT2D eigenvalue weighted by atomic mass is 9.70. The van der Waals surface area contributed by atoms with Crippen LogP contribution >= 0.6 is 23.5 Å². The van der Waals surface area contributed by atoms with Crippen molar-refractivity contribution in [2.75, 3.05) is 11.5 Å². The van der Waals surface area contributed by atoms with Crippen LogP contribution in [0.4, 0.5) is 0 Å². The van der Waals surface area contributed by atoms with Crippen molar-refractivity contribution in [3.05, 3.63) is 0 Å². The molecule has 2 heteroatoms. The molecule has 2 aliphatic heterocycles. The Bertz CT molecular complexity index is 162. The highest BCUT2D eigenvalue weighted by atomic mass is 32.2. The van der Waals surface area contributed by atoms with Gasteiger partial charge in [-0.15, -0.1) is 0 Å². The molecule has 0 aromatic rings. The fourth-order valence-corrected chi connectivity index (χ4v) is 5.23. The molecule has 3 rings (SSSR count). The number of hydrogen-bond acceptors (Lipinski definition) is 2. The fourth-order valence-electron chi connectivity index (χ4n) is 2.82. The molecule has 12 heavy (non-hydrogen) atoms. The van der Waals surface area contributed by atoms with Crippen LogP contribution in [-0.4, -0.2) is 22.0 Å². The Hall–Kier alpha value is 0.700. The highest BCUT2D eigenvalue weighted by Crippen LogP contribution is 2.61. The van der Waals surface area contributed by atoms with E-state index >= 15 is 0 Å². The molecule has 3 fully saturated rings. The Labute approximate surface area is 83.3 Å². The van der Waals surface area contributed by atoms with Gasteiger partial charge in [0.2, 0.25) is 0 Å². The second-order valence-corrected chi connectivity index (χ2v) is 6.91. The van der Waals surface area contributed by atoms with E-state index in [1.165, 1.54) is 30.8 Å². The van der Waals surface area contributed by atoms with Crippen molar-refractivity contribution in [3.8, 4) is 0 Å². The SMILES string of the molecule is C1CCC(C2CS2)(C2CS2)CC1. The summed E-state index contributed by atoms with van der Waals surface area (Å²) < 4.78 is 0. The zero-order valence-corrected chi connectivity index (χ0v) is 9.05. The van der Waals surface area contributed by atoms with Gasteiger partial charge < -0.3 is 0 Å². The lowest BCUT2D eigenvalue weighted by Gasteiger charge is -2.36. The summed E-state index contributed by atoms with van der Waals surface area (Å²) in [5, 5.41) is 2.16. The first-order valence-corrected chi connectivity index (χ1v) is 7.25. The summed E-state index contributed by atoms with van der Waals surface area (Å²) in [5.41, 5.74) is 0.827. The molecule has 0 aromatic heterocycles. The summed E-state index contributed by atoms with van der Waals surface area (Å²) in [6.45, 7) is 0. The minimum absolute atomic E-state index is 0.827. The van der Waals surface area contributed by atoms with Gasteiger partial charge in [0.25, 0.3) is 0 Å². The van der Waals surface area contributed by atoms with Gasteiger partial charge in [0.15, 0.2) is 0 Å². The van der Waals surface area contributed by atoms with E-state index in [2.05, 4.69) is 23.5 Å². The van der Waals surface area contributed by atoms with Gasteiger partial charge in [0, 0.05) is 22.0 Å². The van der Waals surface area contributed by atoms with E-state index in [0.29, 0.717) is 0 Å². The molecule has 0 bridgehead atoms. The maximum absolute atomic E-state index is 2.23. The molecule has 0 amide bonds. The van der Waals surface area contributed by atoms with Gasteiger partial charge in [0.05, 0.1) is 0 Å². The van der Waals surface area contributed by atoms with Crippen LogP contribution in [0.1, 0.15) is 32.1 Å². The zero-order valence-electron chi connectivity index (χ0n) is 7.42. The molecule has 2 atom stereocenters. The minimum atomic E-state index is 0.827. The van der Waals surface area contributed by atoms with E-state index in [4.69, 9.17) is 0 Å². The molecule has 1 aliphatic carbocycles. The standard InChI is InChI=1S/C10H16S2/c1-2-4-10(5-3-1,8-6-11-8)9-7-12-9/h8-9H,1-7H2. The molecule has 68 valence electrons. The fraction of sp³-hybridized carbons (Fsp3) is 1.00. The van der Waals surface area contributed by atoms with Gasteiger partial charge in [-0.2, -0.15) is 23.5 Å². The summed E-state index contributed by atoms with van der Waals surface area (Å²) in [5.74, 6) is 2.97. The van der Waals surface area contributed by atoms with Crippen LogP contribution in [0.5, 0.6) is 0 Å². The van der Waals surface area contributed by atoms with Gasteiger partial charge in [-0.05, 0) is 18.3 Å². The Balaban J connectivity index is 1.79. The van der Waals surface area contributed by atoms with Crippen LogP contribution < -0.4 is 0 Å². The normalized spacial score (nSPS) is 44.0. The van der Waals surface area contributed by atoms with Crippen LogP contribution in [0, 0.1) is 5.41 Å². The Morgan fingerprint density at radius 3 is 1.75 bits per heavy atom. The summed E-state index contributed by atoms with van der Waals surface area (Å²) in [6, 6.07) is 0. The van der Waals surface area contributed by atoms with Gasteiger partial charge in [-0.25, -0.2) is 0 Å². The predicted molar refractivity (Wildman–Crippen MR) is 58.0 cm³/mol.